The SMILES string of the molecule is C[C@@H](C(=O)NC1CCCC1)N(Cc1ccc(Br)cc1)C(=O)CN(c1cc(Cl)c(Cl)cc1Cl)S(C)(=O)=O. The van der Waals surface area contributed by atoms with Crippen LogP contribution in [0, 0.1) is 0 Å². The Morgan fingerprint density at radius 1 is 1.06 bits per heavy atom. The van der Waals surface area contributed by atoms with Crippen LogP contribution >= 0.6 is 50.7 Å². The van der Waals surface area contributed by atoms with Crippen molar-refractivity contribution < 1.29 is 18.0 Å². The van der Waals surface area contributed by atoms with Gasteiger partial charge in [-0.15, -0.1) is 0 Å². The average molecular weight is 640 g/mol. The summed E-state index contributed by atoms with van der Waals surface area (Å²) < 4.78 is 27.1. The number of carbonyl (C=O) groups excluding carboxylic acids is 2. The minimum atomic E-state index is -3.95. The number of halogens is 4. The third kappa shape index (κ3) is 7.51. The highest BCUT2D eigenvalue weighted by atomic mass is 79.9. The highest BCUT2D eigenvalue weighted by Crippen LogP contribution is 2.35. The Morgan fingerprint density at radius 3 is 2.22 bits per heavy atom. The smallest absolute Gasteiger partial charge is 0.244 e. The molecule has 1 saturated carbocycles. The van der Waals surface area contributed by atoms with Crippen LogP contribution in [-0.2, 0) is 26.2 Å². The fraction of sp³-hybridized carbons (Fsp3) is 0.417. The molecule has 7 nitrogen and oxygen atoms in total. The highest BCUT2D eigenvalue weighted by Gasteiger charge is 2.32. The van der Waals surface area contributed by atoms with E-state index in [1.54, 1.807) is 6.92 Å². The minimum absolute atomic E-state index is 0.0218. The molecule has 1 aliphatic carbocycles. The number of nitrogens with one attached hydrogen (secondary N) is 1. The van der Waals surface area contributed by atoms with E-state index in [9.17, 15) is 18.0 Å². The zero-order valence-electron chi connectivity index (χ0n) is 19.8. The largest absolute Gasteiger partial charge is 0.352 e. The molecule has 1 fully saturated rings. The quantitative estimate of drug-likeness (QED) is 0.360. The lowest BCUT2D eigenvalue weighted by Crippen LogP contribution is -2.52. The summed E-state index contributed by atoms with van der Waals surface area (Å²) in [5, 5.41) is 3.29. The molecule has 196 valence electrons. The van der Waals surface area contributed by atoms with Crippen LogP contribution in [0.3, 0.4) is 0 Å². The molecular formula is C24H27BrCl3N3O4S. The van der Waals surface area contributed by atoms with Crippen molar-refractivity contribution in [3.63, 3.8) is 0 Å². The Bertz CT molecular complexity index is 1220. The van der Waals surface area contributed by atoms with Crippen molar-refractivity contribution >= 4 is 78.3 Å². The van der Waals surface area contributed by atoms with Crippen LogP contribution in [-0.4, -0.2) is 50.0 Å². The summed E-state index contributed by atoms with van der Waals surface area (Å²) in [5.41, 5.74) is 0.805. The second-order valence-electron chi connectivity index (χ2n) is 8.80. The van der Waals surface area contributed by atoms with Crippen LogP contribution in [0.5, 0.6) is 0 Å². The number of amides is 2. The molecule has 0 spiro atoms. The van der Waals surface area contributed by atoms with Gasteiger partial charge in [0.1, 0.15) is 12.6 Å². The first-order valence-corrected chi connectivity index (χ1v) is 15.1. The summed E-state index contributed by atoms with van der Waals surface area (Å²) >= 11 is 21.8. The van der Waals surface area contributed by atoms with Gasteiger partial charge < -0.3 is 10.2 Å². The maximum atomic E-state index is 13.6. The predicted molar refractivity (Wildman–Crippen MR) is 148 cm³/mol. The van der Waals surface area contributed by atoms with Crippen molar-refractivity contribution in [2.24, 2.45) is 0 Å². The van der Waals surface area contributed by atoms with Gasteiger partial charge in [0, 0.05) is 17.1 Å². The summed E-state index contributed by atoms with van der Waals surface area (Å²) in [5.74, 6) is -0.856. The zero-order chi connectivity index (χ0) is 26.6. The van der Waals surface area contributed by atoms with E-state index in [2.05, 4.69) is 21.2 Å². The van der Waals surface area contributed by atoms with Gasteiger partial charge in [0.05, 0.1) is 27.0 Å². The molecule has 2 aromatic rings. The second-order valence-corrected chi connectivity index (χ2v) is 12.8. The van der Waals surface area contributed by atoms with Crippen LogP contribution in [0.2, 0.25) is 15.1 Å². The Morgan fingerprint density at radius 2 is 1.64 bits per heavy atom. The first-order chi connectivity index (χ1) is 16.9. The van der Waals surface area contributed by atoms with Crippen molar-refractivity contribution in [2.45, 2.75) is 51.2 Å². The molecule has 0 saturated heterocycles. The van der Waals surface area contributed by atoms with E-state index in [1.807, 2.05) is 24.3 Å². The minimum Gasteiger partial charge on any atom is -0.352 e. The van der Waals surface area contributed by atoms with Gasteiger partial charge in [-0.1, -0.05) is 75.7 Å². The van der Waals surface area contributed by atoms with Gasteiger partial charge in [-0.25, -0.2) is 8.42 Å². The number of hydrogen-bond acceptors (Lipinski definition) is 4. The molecule has 0 unspecified atom stereocenters. The van der Waals surface area contributed by atoms with E-state index < -0.39 is 28.5 Å². The lowest BCUT2D eigenvalue weighted by atomic mass is 10.1. The molecule has 12 heteroatoms. The molecule has 0 aliphatic heterocycles. The summed E-state index contributed by atoms with van der Waals surface area (Å²) in [4.78, 5) is 28.1. The van der Waals surface area contributed by atoms with Gasteiger partial charge in [-0.3, -0.25) is 13.9 Å². The summed E-state index contributed by atoms with van der Waals surface area (Å²) in [6.45, 7) is 1.17. The van der Waals surface area contributed by atoms with E-state index in [4.69, 9.17) is 34.8 Å². The van der Waals surface area contributed by atoms with Crippen molar-refractivity contribution in [1.29, 1.82) is 0 Å². The highest BCUT2D eigenvalue weighted by molar-refractivity contribution is 9.10. The van der Waals surface area contributed by atoms with E-state index in [0.717, 1.165) is 46.3 Å². The molecule has 36 heavy (non-hydrogen) atoms. The molecule has 1 N–H and O–H groups in total. The van der Waals surface area contributed by atoms with E-state index in [1.165, 1.54) is 17.0 Å². The first kappa shape index (κ1) is 29.0. The third-order valence-electron chi connectivity index (χ3n) is 6.07. The van der Waals surface area contributed by atoms with Crippen LogP contribution in [0.25, 0.3) is 0 Å². The number of benzene rings is 2. The normalized spacial score (nSPS) is 14.9. The number of nitrogens with zero attached hydrogens (tertiary/aromatic N) is 2. The number of rotatable bonds is 9. The van der Waals surface area contributed by atoms with E-state index in [0.29, 0.717) is 0 Å². The van der Waals surface area contributed by atoms with Gasteiger partial charge >= 0.3 is 0 Å². The van der Waals surface area contributed by atoms with Crippen molar-refractivity contribution in [2.75, 3.05) is 17.1 Å². The maximum absolute atomic E-state index is 13.6. The molecule has 0 heterocycles. The van der Waals surface area contributed by atoms with Gasteiger partial charge in [0.25, 0.3) is 0 Å². The number of sulfonamides is 1. The van der Waals surface area contributed by atoms with Gasteiger partial charge in [0.15, 0.2) is 0 Å². The molecule has 2 aromatic carbocycles. The fourth-order valence-electron chi connectivity index (χ4n) is 4.06. The van der Waals surface area contributed by atoms with Gasteiger partial charge in [-0.2, -0.15) is 0 Å². The molecule has 1 atom stereocenters. The number of anilines is 1. The number of hydrogen-bond donors (Lipinski definition) is 1. The van der Waals surface area contributed by atoms with E-state index in [-0.39, 0.29) is 39.2 Å². The average Bonchev–Trinajstić information content (AvgIpc) is 3.31. The third-order valence-corrected chi connectivity index (χ3v) is 8.75. The second kappa shape index (κ2) is 12.3. The maximum Gasteiger partial charge on any atom is 0.244 e. The predicted octanol–water partition coefficient (Wildman–Crippen LogP) is 5.65. The molecule has 0 aromatic heterocycles. The molecule has 0 bridgehead atoms. The summed E-state index contributed by atoms with van der Waals surface area (Å²) in [7, 11) is -3.95. The Labute approximate surface area is 235 Å². The van der Waals surface area contributed by atoms with Gasteiger partial charge in [-0.05, 0) is 49.6 Å². The molecule has 3 rings (SSSR count). The number of carbonyl (C=O) groups is 2. The van der Waals surface area contributed by atoms with Gasteiger partial charge in [0.2, 0.25) is 21.8 Å². The lowest BCUT2D eigenvalue weighted by Gasteiger charge is -2.32. The van der Waals surface area contributed by atoms with Crippen molar-refractivity contribution in [1.82, 2.24) is 10.2 Å². The van der Waals surface area contributed by atoms with Crippen molar-refractivity contribution in [3.8, 4) is 0 Å². The molecule has 1 aliphatic rings. The summed E-state index contributed by atoms with van der Waals surface area (Å²) in [6, 6.07) is 9.18. The van der Waals surface area contributed by atoms with Crippen LogP contribution in [0.1, 0.15) is 38.2 Å². The zero-order valence-corrected chi connectivity index (χ0v) is 24.5. The molecular weight excluding hydrogens is 613 g/mol. The topological polar surface area (TPSA) is 86.8 Å². The lowest BCUT2D eigenvalue weighted by molar-refractivity contribution is -0.139. The first-order valence-electron chi connectivity index (χ1n) is 11.3. The van der Waals surface area contributed by atoms with Crippen LogP contribution in [0.4, 0.5) is 5.69 Å². The molecule has 0 radical (unpaired) electrons. The van der Waals surface area contributed by atoms with Crippen molar-refractivity contribution in [3.05, 3.63) is 61.5 Å². The van der Waals surface area contributed by atoms with E-state index >= 15 is 0 Å². The standard InChI is InChI=1S/C24H27BrCl3N3O4S/c1-15(24(33)29-18-5-3-4-6-18)30(13-16-7-9-17(25)10-8-16)23(32)14-31(36(2,34)35)22-12-20(27)19(26)11-21(22)28/h7-12,15,18H,3-6,13-14H2,1-2H3,(H,29,33)/t15-/m0/s1. The molecule has 2 amide bonds. The fourth-order valence-corrected chi connectivity index (χ4v) is 5.87. The van der Waals surface area contributed by atoms with Crippen LogP contribution < -0.4 is 9.62 Å². The monoisotopic (exact) mass is 637 g/mol. The van der Waals surface area contributed by atoms with Crippen LogP contribution in [0.15, 0.2) is 40.9 Å². The Balaban J connectivity index is 1.92. The Kier molecular flexibility index (Phi) is 9.96. The summed E-state index contributed by atoms with van der Waals surface area (Å²) in [6.07, 6.45) is 4.87. The Hall–Kier alpha value is -1.52.